The molecule has 3 heterocycles. The molecule has 0 bridgehead atoms. The summed E-state index contributed by atoms with van der Waals surface area (Å²) in [5, 5.41) is 21.0. The van der Waals surface area contributed by atoms with Gasteiger partial charge in [0.2, 0.25) is 0 Å². The summed E-state index contributed by atoms with van der Waals surface area (Å²) in [5.41, 5.74) is 0.543. The number of benzene rings is 1. The van der Waals surface area contributed by atoms with Crippen LogP contribution in [0.4, 0.5) is 0 Å². The average Bonchev–Trinajstić information content (AvgIpc) is 3.08. The molecule has 0 spiro atoms. The summed E-state index contributed by atoms with van der Waals surface area (Å²) < 4.78 is 16.7. The van der Waals surface area contributed by atoms with Gasteiger partial charge in [0.25, 0.3) is 0 Å². The smallest absolute Gasteiger partial charge is 0.309 e. The van der Waals surface area contributed by atoms with Crippen molar-refractivity contribution < 1.29 is 43.6 Å². The number of ketones is 3. The molecule has 5 rings (SSSR count). The van der Waals surface area contributed by atoms with Crippen LogP contribution >= 0.6 is 0 Å². The third kappa shape index (κ3) is 2.88. The maximum absolute atomic E-state index is 13.3. The zero-order chi connectivity index (χ0) is 22.2. The minimum absolute atomic E-state index is 0.00119. The third-order valence-electron chi connectivity index (χ3n) is 6.35. The lowest BCUT2D eigenvalue weighted by molar-refractivity contribution is -0.151. The Morgan fingerprint density at radius 2 is 1.81 bits per heavy atom. The summed E-state index contributed by atoms with van der Waals surface area (Å²) in [5.74, 6) is -2.47. The van der Waals surface area contributed by atoms with Crippen LogP contribution in [0.15, 0.2) is 17.7 Å². The molecule has 0 unspecified atom stereocenters. The van der Waals surface area contributed by atoms with Gasteiger partial charge in [0.15, 0.2) is 23.5 Å². The highest BCUT2D eigenvalue weighted by Crippen LogP contribution is 2.49. The number of aliphatic hydroxyl groups excluding tert-OH is 1. The number of fused-ring (bicyclic) bond motifs is 4. The molecule has 9 heteroatoms. The van der Waals surface area contributed by atoms with Gasteiger partial charge >= 0.3 is 5.97 Å². The molecule has 0 aromatic heterocycles. The summed E-state index contributed by atoms with van der Waals surface area (Å²) in [7, 11) is 0. The van der Waals surface area contributed by atoms with Gasteiger partial charge in [-0.15, -0.1) is 0 Å². The van der Waals surface area contributed by atoms with Gasteiger partial charge in [-0.1, -0.05) is 0 Å². The molecule has 3 aliphatic heterocycles. The summed E-state index contributed by atoms with van der Waals surface area (Å²) in [6.45, 7) is 3.15. The zero-order valence-electron chi connectivity index (χ0n) is 16.8. The molecule has 0 amide bonds. The summed E-state index contributed by atoms with van der Waals surface area (Å²) in [6.07, 6.45) is -4.07. The first-order valence-corrected chi connectivity index (χ1v) is 10.1. The number of hydrogen-bond acceptors (Lipinski definition) is 9. The van der Waals surface area contributed by atoms with E-state index < -0.39 is 65.7 Å². The second kappa shape index (κ2) is 6.81. The molecule has 1 aromatic carbocycles. The van der Waals surface area contributed by atoms with Gasteiger partial charge < -0.3 is 24.4 Å². The van der Waals surface area contributed by atoms with Gasteiger partial charge in [0.05, 0.1) is 24.2 Å². The molecule has 4 aliphatic rings. The van der Waals surface area contributed by atoms with E-state index in [-0.39, 0.29) is 29.5 Å². The number of aromatic hydroxyl groups is 1. The Balaban J connectivity index is 1.59. The largest absolute Gasteiger partial charge is 0.507 e. The number of aliphatic hydroxyl groups is 1. The number of phenolic OH excluding ortho intramolecular Hbond substituents is 1. The lowest BCUT2D eigenvalue weighted by Crippen LogP contribution is -2.45. The summed E-state index contributed by atoms with van der Waals surface area (Å²) in [6, 6.07) is 1.48. The van der Waals surface area contributed by atoms with Crippen molar-refractivity contribution in [2.75, 3.05) is 0 Å². The van der Waals surface area contributed by atoms with Gasteiger partial charge in [0, 0.05) is 28.7 Å². The highest BCUT2D eigenvalue weighted by atomic mass is 16.6. The molecule has 0 radical (unpaired) electrons. The third-order valence-corrected chi connectivity index (χ3v) is 6.35. The minimum Gasteiger partial charge on any atom is -0.507 e. The average molecular weight is 428 g/mol. The molecule has 2 fully saturated rings. The first-order valence-electron chi connectivity index (χ1n) is 10.1. The van der Waals surface area contributed by atoms with E-state index in [9.17, 15) is 29.4 Å². The van der Waals surface area contributed by atoms with E-state index in [1.54, 1.807) is 6.92 Å². The quantitative estimate of drug-likeness (QED) is 0.633. The lowest BCUT2D eigenvalue weighted by Gasteiger charge is -2.35. The number of carbonyl (C=O) groups excluding carboxylic acids is 4. The summed E-state index contributed by atoms with van der Waals surface area (Å²) in [4.78, 5) is 49.8. The van der Waals surface area contributed by atoms with Gasteiger partial charge in [-0.2, -0.15) is 0 Å². The Labute approximate surface area is 176 Å². The molecular weight excluding hydrogens is 408 g/mol. The van der Waals surface area contributed by atoms with Crippen LogP contribution in [0.2, 0.25) is 0 Å². The zero-order valence-corrected chi connectivity index (χ0v) is 16.8. The number of esters is 1. The fourth-order valence-corrected chi connectivity index (χ4v) is 4.87. The van der Waals surface area contributed by atoms with Crippen LogP contribution in [0, 0.1) is 0 Å². The number of phenols is 1. The van der Waals surface area contributed by atoms with Crippen LogP contribution in [-0.4, -0.2) is 57.9 Å². The van der Waals surface area contributed by atoms with Crippen LogP contribution < -0.4 is 0 Å². The molecule has 2 N–H and O–H groups in total. The highest BCUT2D eigenvalue weighted by Gasteiger charge is 2.47. The Kier molecular flexibility index (Phi) is 4.40. The van der Waals surface area contributed by atoms with E-state index in [4.69, 9.17) is 14.2 Å². The topological polar surface area (TPSA) is 136 Å². The number of carbonyl (C=O) groups is 4. The maximum atomic E-state index is 13.3. The van der Waals surface area contributed by atoms with Gasteiger partial charge in [-0.3, -0.25) is 19.2 Å². The Hall–Kier alpha value is -2.88. The normalized spacial score (nSPS) is 34.6. The van der Waals surface area contributed by atoms with Crippen LogP contribution in [0.3, 0.4) is 0 Å². The van der Waals surface area contributed by atoms with Crippen molar-refractivity contribution in [1.82, 2.24) is 0 Å². The van der Waals surface area contributed by atoms with Crippen molar-refractivity contribution >= 4 is 23.3 Å². The van der Waals surface area contributed by atoms with E-state index in [0.29, 0.717) is 11.1 Å². The maximum Gasteiger partial charge on any atom is 0.309 e. The van der Waals surface area contributed by atoms with E-state index in [0.717, 1.165) is 6.08 Å². The predicted molar refractivity (Wildman–Crippen MR) is 102 cm³/mol. The van der Waals surface area contributed by atoms with E-state index >= 15 is 0 Å². The van der Waals surface area contributed by atoms with Gasteiger partial charge in [0.1, 0.15) is 24.1 Å². The van der Waals surface area contributed by atoms with Crippen molar-refractivity contribution in [3.05, 3.63) is 40.0 Å². The van der Waals surface area contributed by atoms with Gasteiger partial charge in [-0.25, -0.2) is 0 Å². The summed E-state index contributed by atoms with van der Waals surface area (Å²) >= 11 is 0. The van der Waals surface area contributed by atoms with Crippen molar-refractivity contribution in [1.29, 1.82) is 0 Å². The molecular formula is C22H20O9. The second-order valence-corrected chi connectivity index (χ2v) is 8.30. The standard InChI is InChI=1S/C22H20O9/c1-7-17-11(22-15(29-7)6-16(25)31-22)3-9-12(23)4-10(20(27)18(9)21(17)28)14-5-13(24)19(26)8(2)30-14/h3-4,7-8,13-15,22,24,28H,5-6H2,1-2H3/t7-,8-,13-,14-,15-,22-/m1/s1. The van der Waals surface area contributed by atoms with E-state index in [1.807, 2.05) is 0 Å². The number of hydrogen-bond donors (Lipinski definition) is 2. The molecule has 162 valence electrons. The second-order valence-electron chi connectivity index (χ2n) is 8.30. The number of Topliss-reactive ketones (excluding diaryl/α,β-unsaturated/α-hetero) is 2. The van der Waals surface area contributed by atoms with E-state index in [1.165, 1.54) is 13.0 Å². The van der Waals surface area contributed by atoms with Crippen LogP contribution in [0.5, 0.6) is 5.75 Å². The first-order chi connectivity index (χ1) is 14.7. The Bertz CT molecular complexity index is 1070. The van der Waals surface area contributed by atoms with Crippen molar-refractivity contribution in [2.45, 2.75) is 63.3 Å². The van der Waals surface area contributed by atoms with Crippen molar-refractivity contribution in [2.24, 2.45) is 0 Å². The predicted octanol–water partition coefficient (Wildman–Crippen LogP) is 1.25. The number of allylic oxidation sites excluding steroid dienone is 1. The highest BCUT2D eigenvalue weighted by molar-refractivity contribution is 6.26. The van der Waals surface area contributed by atoms with E-state index in [2.05, 4.69) is 0 Å². The minimum atomic E-state index is -1.31. The number of ether oxygens (including phenoxy) is 3. The van der Waals surface area contributed by atoms with Crippen molar-refractivity contribution in [3.8, 4) is 5.75 Å². The first kappa shape index (κ1) is 20.0. The SMILES string of the molecule is C[C@H]1O[C@@H](C2=CC(=O)c3cc4c(c(O)c3C2=O)[C@@H](C)O[C@@H]2CC(=O)O[C@H]42)C[C@@H](O)C1=O. The molecule has 1 aromatic rings. The van der Waals surface area contributed by atoms with Crippen LogP contribution in [-0.2, 0) is 23.8 Å². The lowest BCUT2D eigenvalue weighted by atomic mass is 9.79. The van der Waals surface area contributed by atoms with Gasteiger partial charge in [-0.05, 0) is 26.0 Å². The van der Waals surface area contributed by atoms with Crippen LogP contribution in [0.1, 0.15) is 70.7 Å². The molecule has 6 atom stereocenters. The molecule has 9 nitrogen and oxygen atoms in total. The monoisotopic (exact) mass is 428 g/mol. The Morgan fingerprint density at radius 1 is 1.06 bits per heavy atom. The molecule has 1 aliphatic carbocycles. The fourth-order valence-electron chi connectivity index (χ4n) is 4.87. The van der Waals surface area contributed by atoms with Crippen LogP contribution in [0.25, 0.3) is 0 Å². The molecule has 0 saturated carbocycles. The fraction of sp³-hybridized carbons (Fsp3) is 0.455. The number of rotatable bonds is 1. The molecule has 2 saturated heterocycles. The Morgan fingerprint density at radius 3 is 2.52 bits per heavy atom. The van der Waals surface area contributed by atoms with Crippen molar-refractivity contribution in [3.63, 3.8) is 0 Å². The molecule has 31 heavy (non-hydrogen) atoms.